The Bertz CT molecular complexity index is 1040. The smallest absolute Gasteiger partial charge is 0.372 e. The highest BCUT2D eigenvalue weighted by Gasteiger charge is 2.33. The van der Waals surface area contributed by atoms with Crippen molar-refractivity contribution < 1.29 is 13.2 Å². The zero-order valence-electron chi connectivity index (χ0n) is 12.2. The molecule has 0 bridgehead atoms. The predicted octanol–water partition coefficient (Wildman–Crippen LogP) is 1.53. The summed E-state index contributed by atoms with van der Waals surface area (Å²) in [6.07, 6.45) is -3.40. The second kappa shape index (κ2) is 5.48. The van der Waals surface area contributed by atoms with Crippen LogP contribution in [-0.2, 0) is 6.18 Å². The molecular weight excluding hydrogens is 327 g/mol. The molecule has 10 heteroatoms. The van der Waals surface area contributed by atoms with Crippen LogP contribution in [0.25, 0.3) is 16.9 Å². The van der Waals surface area contributed by atoms with Crippen LogP contribution >= 0.6 is 0 Å². The zero-order valence-corrected chi connectivity index (χ0v) is 12.2. The van der Waals surface area contributed by atoms with E-state index in [1.807, 2.05) is 0 Å². The first-order valence-corrected chi connectivity index (χ1v) is 6.69. The molecule has 0 fully saturated rings. The summed E-state index contributed by atoms with van der Waals surface area (Å²) in [6, 6.07) is 4.25. The van der Waals surface area contributed by atoms with Gasteiger partial charge in [0.1, 0.15) is 17.3 Å². The van der Waals surface area contributed by atoms with E-state index in [2.05, 4.69) is 20.3 Å². The highest BCUT2D eigenvalue weighted by Crippen LogP contribution is 2.30. The Morgan fingerprint density at radius 1 is 1.17 bits per heavy atom. The third-order valence-corrected chi connectivity index (χ3v) is 3.27. The van der Waals surface area contributed by atoms with Crippen molar-refractivity contribution in [2.45, 2.75) is 6.18 Å². The molecule has 7 nitrogen and oxygen atoms in total. The third kappa shape index (κ3) is 2.62. The number of hydrogen-bond acceptors (Lipinski definition) is 5. The van der Waals surface area contributed by atoms with Gasteiger partial charge in [-0.2, -0.15) is 18.2 Å². The van der Waals surface area contributed by atoms with Crippen molar-refractivity contribution in [1.29, 1.82) is 0 Å². The van der Waals surface area contributed by atoms with Crippen molar-refractivity contribution >= 4 is 16.9 Å². The van der Waals surface area contributed by atoms with Gasteiger partial charge in [-0.05, 0) is 12.1 Å². The van der Waals surface area contributed by atoms with Gasteiger partial charge in [0.2, 0.25) is 0 Å². The van der Waals surface area contributed by atoms with E-state index in [0.717, 1.165) is 16.7 Å². The monoisotopic (exact) mass is 337 g/mol. The van der Waals surface area contributed by atoms with Crippen LogP contribution in [0.15, 0.2) is 40.1 Å². The van der Waals surface area contributed by atoms with Crippen LogP contribution in [-0.4, -0.2) is 26.6 Å². The number of halogens is 3. The normalized spacial score (nSPS) is 11.7. The van der Waals surface area contributed by atoms with E-state index in [1.54, 1.807) is 0 Å². The standard InChI is InChI=1S/C14H10F3N5O2/c1-18-11-8-2-3-9(14(15,16)17)20-12(8)22(13(24)21-11)10-6-7(23)4-5-19-10/h2-6H,1H3,(H,19,23)(H,18,21,24). The molecule has 24 heavy (non-hydrogen) atoms. The molecule has 3 heterocycles. The van der Waals surface area contributed by atoms with Gasteiger partial charge in [0.25, 0.3) is 0 Å². The second-order valence-corrected chi connectivity index (χ2v) is 4.80. The number of aromatic amines is 1. The topological polar surface area (TPSA) is 92.7 Å². The van der Waals surface area contributed by atoms with Crippen LogP contribution in [0.2, 0.25) is 0 Å². The van der Waals surface area contributed by atoms with Gasteiger partial charge in [-0.1, -0.05) is 0 Å². The van der Waals surface area contributed by atoms with Gasteiger partial charge in [0.15, 0.2) is 11.1 Å². The molecule has 2 N–H and O–H groups in total. The number of H-pyrrole nitrogens is 1. The van der Waals surface area contributed by atoms with Crippen LogP contribution < -0.4 is 16.4 Å². The Morgan fingerprint density at radius 2 is 1.92 bits per heavy atom. The van der Waals surface area contributed by atoms with E-state index < -0.39 is 23.0 Å². The summed E-state index contributed by atoms with van der Waals surface area (Å²) in [5.74, 6) is 0.0604. The quantitative estimate of drug-likeness (QED) is 0.740. The first kappa shape index (κ1) is 15.7. The van der Waals surface area contributed by atoms with E-state index in [4.69, 9.17) is 0 Å². The Hall–Kier alpha value is -3.17. The van der Waals surface area contributed by atoms with E-state index >= 15 is 0 Å². The van der Waals surface area contributed by atoms with Gasteiger partial charge < -0.3 is 10.3 Å². The maximum atomic E-state index is 13.0. The van der Waals surface area contributed by atoms with Gasteiger partial charge in [0, 0.05) is 25.4 Å². The molecule has 3 aromatic heterocycles. The Balaban J connectivity index is 2.45. The molecule has 3 aromatic rings. The maximum absolute atomic E-state index is 13.0. The minimum Gasteiger partial charge on any atom is -0.372 e. The van der Waals surface area contributed by atoms with Gasteiger partial charge in [-0.15, -0.1) is 0 Å². The van der Waals surface area contributed by atoms with Gasteiger partial charge in [-0.3, -0.25) is 4.79 Å². The number of aromatic nitrogens is 4. The van der Waals surface area contributed by atoms with E-state index in [0.29, 0.717) is 0 Å². The number of hydrogen-bond donors (Lipinski definition) is 2. The van der Waals surface area contributed by atoms with Crippen molar-refractivity contribution in [3.8, 4) is 5.82 Å². The lowest BCUT2D eigenvalue weighted by Gasteiger charge is -2.13. The fourth-order valence-corrected chi connectivity index (χ4v) is 2.23. The van der Waals surface area contributed by atoms with Gasteiger partial charge in [0.05, 0.1) is 5.39 Å². The molecule has 0 saturated heterocycles. The van der Waals surface area contributed by atoms with Gasteiger partial charge in [-0.25, -0.2) is 14.3 Å². The van der Waals surface area contributed by atoms with Crippen molar-refractivity contribution in [2.24, 2.45) is 0 Å². The number of rotatable bonds is 2. The van der Waals surface area contributed by atoms with Crippen LogP contribution in [0.4, 0.5) is 19.0 Å². The molecule has 124 valence electrons. The Morgan fingerprint density at radius 3 is 2.54 bits per heavy atom. The number of fused-ring (bicyclic) bond motifs is 1. The maximum Gasteiger partial charge on any atom is 0.433 e. The Labute approximate surface area is 131 Å². The lowest BCUT2D eigenvalue weighted by atomic mass is 10.2. The molecule has 0 atom stereocenters. The fraction of sp³-hybridized carbons (Fsp3) is 0.143. The van der Waals surface area contributed by atoms with Crippen molar-refractivity contribution in [3.63, 3.8) is 0 Å². The number of nitrogens with zero attached hydrogens (tertiary/aromatic N) is 3. The summed E-state index contributed by atoms with van der Waals surface area (Å²) in [7, 11) is 1.48. The second-order valence-electron chi connectivity index (χ2n) is 4.80. The summed E-state index contributed by atoms with van der Waals surface area (Å²) in [5.41, 5.74) is -2.72. The number of anilines is 1. The van der Waals surface area contributed by atoms with Crippen molar-refractivity contribution in [2.75, 3.05) is 12.4 Å². The molecule has 0 aliphatic carbocycles. The summed E-state index contributed by atoms with van der Waals surface area (Å²) in [5, 5.41) is 2.84. The van der Waals surface area contributed by atoms with Crippen LogP contribution in [0, 0.1) is 0 Å². The van der Waals surface area contributed by atoms with E-state index in [-0.39, 0.29) is 22.7 Å². The van der Waals surface area contributed by atoms with Crippen LogP contribution in [0.5, 0.6) is 0 Å². The highest BCUT2D eigenvalue weighted by molar-refractivity contribution is 5.87. The molecule has 0 aliphatic heterocycles. The lowest BCUT2D eigenvalue weighted by molar-refractivity contribution is -0.141. The number of nitrogens with one attached hydrogen (secondary N) is 2. The molecule has 0 aliphatic rings. The van der Waals surface area contributed by atoms with Crippen LogP contribution in [0.1, 0.15) is 5.69 Å². The minimum atomic E-state index is -4.68. The van der Waals surface area contributed by atoms with E-state index in [1.165, 1.54) is 25.4 Å². The molecule has 0 saturated carbocycles. The van der Waals surface area contributed by atoms with Crippen molar-refractivity contribution in [3.05, 3.63) is 56.9 Å². The van der Waals surface area contributed by atoms with E-state index in [9.17, 15) is 22.8 Å². The molecule has 0 spiro atoms. The van der Waals surface area contributed by atoms with Crippen LogP contribution in [0.3, 0.4) is 0 Å². The number of alkyl halides is 3. The summed E-state index contributed by atoms with van der Waals surface area (Å²) in [6.45, 7) is 0. The highest BCUT2D eigenvalue weighted by atomic mass is 19.4. The molecule has 0 radical (unpaired) electrons. The largest absolute Gasteiger partial charge is 0.433 e. The third-order valence-electron chi connectivity index (χ3n) is 3.27. The first-order valence-electron chi connectivity index (χ1n) is 6.69. The van der Waals surface area contributed by atoms with Gasteiger partial charge >= 0.3 is 11.9 Å². The predicted molar refractivity (Wildman–Crippen MR) is 80.3 cm³/mol. The zero-order chi connectivity index (χ0) is 17.5. The molecular formula is C14H10F3N5O2. The average Bonchev–Trinajstić information content (AvgIpc) is 2.52. The molecule has 0 amide bonds. The first-order chi connectivity index (χ1) is 11.3. The molecule has 0 unspecified atom stereocenters. The summed E-state index contributed by atoms with van der Waals surface area (Å²) >= 11 is 0. The minimum absolute atomic E-state index is 0.0283. The Kier molecular flexibility index (Phi) is 3.59. The SMILES string of the molecule is CNc1nc(=O)n(-c2cc(=O)cc[nH]2)c2nc(C(F)(F)F)ccc12. The summed E-state index contributed by atoms with van der Waals surface area (Å²) < 4.78 is 39.7. The molecule has 3 rings (SSSR count). The average molecular weight is 337 g/mol. The lowest BCUT2D eigenvalue weighted by Crippen LogP contribution is -2.26. The summed E-state index contributed by atoms with van der Waals surface area (Å²) in [4.78, 5) is 33.7. The van der Waals surface area contributed by atoms with Crippen molar-refractivity contribution in [1.82, 2.24) is 19.5 Å². The fourth-order valence-electron chi connectivity index (χ4n) is 2.23. The number of pyridine rings is 2. The molecule has 0 aromatic carbocycles.